The smallest absolute Gasteiger partial charge is 0.00429 e. The first-order chi connectivity index (χ1) is 6.86. The Kier molecular flexibility index (Phi) is 2.10. The molecule has 3 rings (SSSR count). The number of fused-ring (bicyclic) bond motifs is 5. The van der Waals surface area contributed by atoms with Gasteiger partial charge in [-0.15, -0.1) is 0 Å². The predicted molar refractivity (Wildman–Crippen MR) is 57.5 cm³/mol. The molecule has 14 heavy (non-hydrogen) atoms. The fourth-order valence-electron chi connectivity index (χ4n) is 5.06. The molecule has 6 unspecified atom stereocenters. The minimum atomic E-state index is 0.768. The van der Waals surface area contributed by atoms with Gasteiger partial charge in [-0.05, 0) is 67.9 Å². The molecule has 80 valence electrons. The van der Waals surface area contributed by atoms with Gasteiger partial charge in [0.05, 0.1) is 0 Å². The molecule has 4 N–H and O–H groups in total. The van der Waals surface area contributed by atoms with Crippen molar-refractivity contribution in [3.05, 3.63) is 0 Å². The van der Waals surface area contributed by atoms with Crippen LogP contribution < -0.4 is 11.5 Å². The molecule has 2 bridgehead atoms. The quantitative estimate of drug-likeness (QED) is 0.694. The van der Waals surface area contributed by atoms with Crippen LogP contribution in [-0.4, -0.2) is 13.1 Å². The van der Waals surface area contributed by atoms with Crippen molar-refractivity contribution in [3.63, 3.8) is 0 Å². The first-order valence-corrected chi connectivity index (χ1v) is 6.27. The summed E-state index contributed by atoms with van der Waals surface area (Å²) in [5, 5.41) is 0. The molecule has 3 aliphatic carbocycles. The summed E-state index contributed by atoms with van der Waals surface area (Å²) in [4.78, 5) is 0. The van der Waals surface area contributed by atoms with Gasteiger partial charge in [-0.2, -0.15) is 0 Å². The van der Waals surface area contributed by atoms with Gasteiger partial charge in [-0.1, -0.05) is 6.42 Å². The summed E-state index contributed by atoms with van der Waals surface area (Å²) in [6.07, 6.45) is 5.90. The highest BCUT2D eigenvalue weighted by Crippen LogP contribution is 2.62. The van der Waals surface area contributed by atoms with Crippen LogP contribution >= 0.6 is 0 Å². The van der Waals surface area contributed by atoms with E-state index in [1.165, 1.54) is 25.7 Å². The van der Waals surface area contributed by atoms with Gasteiger partial charge in [0.15, 0.2) is 0 Å². The lowest BCUT2D eigenvalue weighted by Gasteiger charge is -2.37. The van der Waals surface area contributed by atoms with Crippen molar-refractivity contribution in [2.24, 2.45) is 47.0 Å². The summed E-state index contributed by atoms with van der Waals surface area (Å²) in [5.41, 5.74) is 11.8. The molecule has 0 aromatic carbocycles. The van der Waals surface area contributed by atoms with E-state index in [1.807, 2.05) is 0 Å². The standard InChI is InChI=1S/C12H22N2/c13-5-11-9-4-10(12(11)6-14)8-3-1-2-7(8)9/h7-12H,1-6,13-14H2. The Bertz CT molecular complexity index is 206. The Morgan fingerprint density at radius 2 is 1.29 bits per heavy atom. The second kappa shape index (κ2) is 3.21. The first-order valence-electron chi connectivity index (χ1n) is 6.27. The summed E-state index contributed by atoms with van der Waals surface area (Å²) >= 11 is 0. The van der Waals surface area contributed by atoms with Crippen LogP contribution in [0, 0.1) is 35.5 Å². The lowest BCUT2D eigenvalue weighted by Crippen LogP contribution is -2.40. The van der Waals surface area contributed by atoms with E-state index >= 15 is 0 Å². The van der Waals surface area contributed by atoms with Gasteiger partial charge in [0.1, 0.15) is 0 Å². The summed E-state index contributed by atoms with van der Waals surface area (Å²) < 4.78 is 0. The lowest BCUT2D eigenvalue weighted by atomic mass is 9.69. The molecule has 2 nitrogen and oxygen atoms in total. The van der Waals surface area contributed by atoms with Gasteiger partial charge >= 0.3 is 0 Å². The van der Waals surface area contributed by atoms with Gasteiger partial charge in [-0.3, -0.25) is 0 Å². The molecule has 0 amide bonds. The summed E-state index contributed by atoms with van der Waals surface area (Å²) in [6, 6.07) is 0. The average Bonchev–Trinajstić information content (AvgIpc) is 2.86. The van der Waals surface area contributed by atoms with Gasteiger partial charge in [0.2, 0.25) is 0 Å². The van der Waals surface area contributed by atoms with Crippen molar-refractivity contribution in [2.75, 3.05) is 13.1 Å². The molecule has 0 saturated heterocycles. The Labute approximate surface area is 86.4 Å². The van der Waals surface area contributed by atoms with Gasteiger partial charge in [0, 0.05) is 0 Å². The van der Waals surface area contributed by atoms with Crippen LogP contribution in [0.2, 0.25) is 0 Å². The van der Waals surface area contributed by atoms with E-state index in [-0.39, 0.29) is 0 Å². The zero-order chi connectivity index (χ0) is 9.71. The predicted octanol–water partition coefficient (Wildman–Crippen LogP) is 1.20. The van der Waals surface area contributed by atoms with Crippen LogP contribution in [-0.2, 0) is 0 Å². The fourth-order valence-corrected chi connectivity index (χ4v) is 5.06. The topological polar surface area (TPSA) is 52.0 Å². The number of hydrogen-bond acceptors (Lipinski definition) is 2. The Balaban J connectivity index is 1.86. The van der Waals surface area contributed by atoms with Crippen molar-refractivity contribution in [2.45, 2.75) is 25.7 Å². The molecule has 0 radical (unpaired) electrons. The van der Waals surface area contributed by atoms with E-state index in [1.54, 1.807) is 0 Å². The monoisotopic (exact) mass is 194 g/mol. The van der Waals surface area contributed by atoms with Crippen molar-refractivity contribution < 1.29 is 0 Å². The minimum absolute atomic E-state index is 0.768. The van der Waals surface area contributed by atoms with Crippen LogP contribution in [0.5, 0.6) is 0 Å². The number of rotatable bonds is 2. The highest BCUT2D eigenvalue weighted by Gasteiger charge is 2.57. The molecule has 2 heteroatoms. The van der Waals surface area contributed by atoms with Crippen LogP contribution in [0.25, 0.3) is 0 Å². The molecule has 3 aliphatic rings. The van der Waals surface area contributed by atoms with Crippen LogP contribution in [0.4, 0.5) is 0 Å². The van der Waals surface area contributed by atoms with Crippen molar-refractivity contribution in [1.82, 2.24) is 0 Å². The second-order valence-electron chi connectivity index (χ2n) is 5.62. The third-order valence-corrected chi connectivity index (χ3v) is 5.46. The average molecular weight is 194 g/mol. The highest BCUT2D eigenvalue weighted by atomic mass is 14.7. The Morgan fingerprint density at radius 3 is 1.71 bits per heavy atom. The zero-order valence-corrected chi connectivity index (χ0v) is 8.86. The van der Waals surface area contributed by atoms with Crippen LogP contribution in [0.3, 0.4) is 0 Å². The van der Waals surface area contributed by atoms with Gasteiger partial charge in [0.25, 0.3) is 0 Å². The summed E-state index contributed by atoms with van der Waals surface area (Å²) in [7, 11) is 0. The Morgan fingerprint density at radius 1 is 0.786 bits per heavy atom. The molecule has 3 saturated carbocycles. The molecule has 0 spiro atoms. The third kappa shape index (κ3) is 0.989. The molecule has 0 aromatic heterocycles. The minimum Gasteiger partial charge on any atom is -0.330 e. The van der Waals surface area contributed by atoms with Crippen LogP contribution in [0.1, 0.15) is 25.7 Å². The van der Waals surface area contributed by atoms with E-state index in [0.29, 0.717) is 0 Å². The maximum absolute atomic E-state index is 5.91. The Hall–Kier alpha value is -0.0800. The van der Waals surface area contributed by atoms with E-state index in [4.69, 9.17) is 11.5 Å². The van der Waals surface area contributed by atoms with E-state index in [9.17, 15) is 0 Å². The number of nitrogens with two attached hydrogens (primary N) is 2. The molecular weight excluding hydrogens is 172 g/mol. The SMILES string of the molecule is NCC1C(CN)C2CC1C1CCCC12. The molecular formula is C12H22N2. The first kappa shape index (κ1) is 9.17. The highest BCUT2D eigenvalue weighted by molar-refractivity contribution is 5.07. The van der Waals surface area contributed by atoms with Gasteiger partial charge < -0.3 is 11.5 Å². The molecule has 0 aliphatic heterocycles. The zero-order valence-electron chi connectivity index (χ0n) is 8.86. The largest absolute Gasteiger partial charge is 0.330 e. The molecule has 6 atom stereocenters. The second-order valence-corrected chi connectivity index (χ2v) is 5.62. The molecule has 0 aromatic rings. The molecule has 3 fully saturated rings. The van der Waals surface area contributed by atoms with Gasteiger partial charge in [-0.25, -0.2) is 0 Å². The lowest BCUT2D eigenvalue weighted by molar-refractivity contribution is 0.126. The van der Waals surface area contributed by atoms with E-state index in [0.717, 1.165) is 48.6 Å². The fraction of sp³-hybridized carbons (Fsp3) is 1.00. The summed E-state index contributed by atoms with van der Waals surface area (Å²) in [6.45, 7) is 1.76. The molecule has 0 heterocycles. The third-order valence-electron chi connectivity index (χ3n) is 5.46. The maximum atomic E-state index is 5.91. The van der Waals surface area contributed by atoms with Crippen molar-refractivity contribution >= 4 is 0 Å². The summed E-state index contributed by atoms with van der Waals surface area (Å²) in [5.74, 6) is 5.51. The van der Waals surface area contributed by atoms with E-state index in [2.05, 4.69) is 0 Å². The maximum Gasteiger partial charge on any atom is -0.00429 e. The number of hydrogen-bond donors (Lipinski definition) is 2. The van der Waals surface area contributed by atoms with Crippen molar-refractivity contribution in [3.8, 4) is 0 Å². The normalized spacial score (nSPS) is 55.3. The van der Waals surface area contributed by atoms with Crippen molar-refractivity contribution in [1.29, 1.82) is 0 Å². The van der Waals surface area contributed by atoms with Crippen LogP contribution in [0.15, 0.2) is 0 Å². The van der Waals surface area contributed by atoms with E-state index < -0.39 is 0 Å².